The Balaban J connectivity index is 2.53. The van der Waals surface area contributed by atoms with E-state index < -0.39 is 5.91 Å². The van der Waals surface area contributed by atoms with Gasteiger partial charge in [-0.25, -0.2) is 0 Å². The average Bonchev–Trinajstić information content (AvgIpc) is 2.24. The van der Waals surface area contributed by atoms with Crippen molar-refractivity contribution in [2.24, 2.45) is 0 Å². The molecule has 0 unspecified atom stereocenters. The maximum Gasteiger partial charge on any atom is 0.258 e. The first-order valence-electron chi connectivity index (χ1n) is 5.55. The molecule has 0 aliphatic rings. The van der Waals surface area contributed by atoms with Gasteiger partial charge in [0.1, 0.15) is 17.1 Å². The van der Waals surface area contributed by atoms with E-state index in [9.17, 15) is 15.0 Å². The molecule has 0 heterocycles. The van der Waals surface area contributed by atoms with E-state index in [1.165, 1.54) is 18.2 Å². The fourth-order valence-corrected chi connectivity index (χ4v) is 1.39. The van der Waals surface area contributed by atoms with Crippen LogP contribution in [0.4, 0.5) is 0 Å². The second-order valence-electron chi connectivity index (χ2n) is 4.04. The Hall–Kier alpha value is -1.75. The highest BCUT2D eigenvalue weighted by Gasteiger charge is 2.14. The topological polar surface area (TPSA) is 81.6 Å². The molecule has 0 saturated heterocycles. The van der Waals surface area contributed by atoms with Gasteiger partial charge in [0.2, 0.25) is 0 Å². The zero-order chi connectivity index (χ0) is 12.8. The van der Waals surface area contributed by atoms with Crippen LogP contribution in [0.2, 0.25) is 0 Å². The van der Waals surface area contributed by atoms with Crippen molar-refractivity contribution in [3.05, 3.63) is 23.8 Å². The number of hydrogen-bond donors (Lipinski definition) is 4. The Morgan fingerprint density at radius 1 is 1.24 bits per heavy atom. The molecule has 0 spiro atoms. The molecule has 1 rings (SSSR count). The van der Waals surface area contributed by atoms with Gasteiger partial charge in [0.05, 0.1) is 0 Å². The van der Waals surface area contributed by atoms with Crippen LogP contribution in [0.15, 0.2) is 18.2 Å². The molecule has 0 aliphatic carbocycles. The maximum absolute atomic E-state index is 11.7. The number of hydrogen-bond acceptors (Lipinski definition) is 4. The molecule has 0 aromatic heterocycles. The molecule has 94 valence electrons. The third-order valence-corrected chi connectivity index (χ3v) is 2.21. The second-order valence-corrected chi connectivity index (χ2v) is 4.04. The highest BCUT2D eigenvalue weighted by atomic mass is 16.3. The van der Waals surface area contributed by atoms with Crippen LogP contribution in [0.1, 0.15) is 24.2 Å². The lowest BCUT2D eigenvalue weighted by molar-refractivity contribution is 0.0948. The number of carbonyl (C=O) groups excluding carboxylic acids is 1. The number of aromatic hydroxyl groups is 2. The first-order valence-corrected chi connectivity index (χ1v) is 5.55. The minimum atomic E-state index is -0.480. The maximum atomic E-state index is 11.7. The van der Waals surface area contributed by atoms with Crippen LogP contribution in [-0.4, -0.2) is 35.3 Å². The summed E-state index contributed by atoms with van der Waals surface area (Å²) in [6, 6.07) is 4.55. The standard InChI is InChI=1S/C12H18N2O3/c1-8(2)13-6-7-14-12(17)11-9(15)4-3-5-10(11)16/h3-5,8,13,15-16H,6-7H2,1-2H3,(H,14,17). The zero-order valence-corrected chi connectivity index (χ0v) is 10.0. The van der Waals surface area contributed by atoms with Gasteiger partial charge in [0, 0.05) is 19.1 Å². The lowest BCUT2D eigenvalue weighted by Crippen LogP contribution is -2.34. The number of amides is 1. The Labute approximate surface area is 100 Å². The molecule has 0 atom stereocenters. The minimum Gasteiger partial charge on any atom is -0.507 e. The van der Waals surface area contributed by atoms with Gasteiger partial charge in [-0.05, 0) is 12.1 Å². The summed E-state index contributed by atoms with van der Waals surface area (Å²) in [5, 5.41) is 24.7. The number of phenols is 2. The highest BCUT2D eigenvalue weighted by Crippen LogP contribution is 2.25. The van der Waals surface area contributed by atoms with Crippen molar-refractivity contribution in [3.63, 3.8) is 0 Å². The van der Waals surface area contributed by atoms with Crippen molar-refractivity contribution in [3.8, 4) is 11.5 Å². The van der Waals surface area contributed by atoms with Crippen LogP contribution >= 0.6 is 0 Å². The normalized spacial score (nSPS) is 10.5. The van der Waals surface area contributed by atoms with Crippen LogP contribution in [0.5, 0.6) is 11.5 Å². The van der Waals surface area contributed by atoms with E-state index >= 15 is 0 Å². The summed E-state index contributed by atoms with van der Waals surface area (Å²) < 4.78 is 0. The van der Waals surface area contributed by atoms with Crippen LogP contribution in [-0.2, 0) is 0 Å². The molecule has 5 nitrogen and oxygen atoms in total. The largest absolute Gasteiger partial charge is 0.507 e. The fourth-order valence-electron chi connectivity index (χ4n) is 1.39. The first kappa shape index (κ1) is 13.3. The third-order valence-electron chi connectivity index (χ3n) is 2.21. The van der Waals surface area contributed by atoms with Crippen molar-refractivity contribution < 1.29 is 15.0 Å². The van der Waals surface area contributed by atoms with Crippen LogP contribution in [0, 0.1) is 0 Å². The minimum absolute atomic E-state index is 0.0861. The molecule has 0 radical (unpaired) electrons. The van der Waals surface area contributed by atoms with Gasteiger partial charge in [0.25, 0.3) is 5.91 Å². The number of nitrogens with one attached hydrogen (secondary N) is 2. The predicted molar refractivity (Wildman–Crippen MR) is 65.2 cm³/mol. The van der Waals surface area contributed by atoms with Gasteiger partial charge >= 0.3 is 0 Å². The Morgan fingerprint density at radius 3 is 2.35 bits per heavy atom. The summed E-state index contributed by atoms with van der Waals surface area (Å²) in [6.07, 6.45) is 0. The Bertz CT molecular complexity index is 371. The molecule has 5 heteroatoms. The summed E-state index contributed by atoms with van der Waals surface area (Å²) in [5.41, 5.74) is -0.0861. The van der Waals surface area contributed by atoms with E-state index in [2.05, 4.69) is 10.6 Å². The summed E-state index contributed by atoms with van der Waals surface area (Å²) in [7, 11) is 0. The van der Waals surface area contributed by atoms with E-state index in [4.69, 9.17) is 0 Å². The molecule has 1 amide bonds. The monoisotopic (exact) mass is 238 g/mol. The van der Waals surface area contributed by atoms with Gasteiger partial charge in [0.15, 0.2) is 0 Å². The van der Waals surface area contributed by atoms with Crippen LogP contribution in [0.3, 0.4) is 0 Å². The average molecular weight is 238 g/mol. The molecule has 4 N–H and O–H groups in total. The molecule has 1 aromatic rings. The Morgan fingerprint density at radius 2 is 1.82 bits per heavy atom. The lowest BCUT2D eigenvalue weighted by Gasteiger charge is -2.10. The highest BCUT2D eigenvalue weighted by molar-refractivity contribution is 5.99. The smallest absolute Gasteiger partial charge is 0.258 e. The summed E-state index contributed by atoms with van der Waals surface area (Å²) >= 11 is 0. The summed E-state index contributed by atoms with van der Waals surface area (Å²) in [5.74, 6) is -0.926. The summed E-state index contributed by atoms with van der Waals surface area (Å²) in [6.45, 7) is 5.09. The van der Waals surface area contributed by atoms with E-state index in [1.54, 1.807) is 0 Å². The van der Waals surface area contributed by atoms with Crippen molar-refractivity contribution >= 4 is 5.91 Å². The number of phenolic OH excluding ortho intramolecular Hbond substituents is 2. The molecule has 0 aliphatic heterocycles. The molecule has 17 heavy (non-hydrogen) atoms. The third kappa shape index (κ3) is 3.96. The van der Waals surface area contributed by atoms with Gasteiger partial charge in [-0.2, -0.15) is 0 Å². The molecule has 1 aromatic carbocycles. The molecular formula is C12H18N2O3. The molecule has 0 bridgehead atoms. The molecule has 0 fully saturated rings. The van der Waals surface area contributed by atoms with E-state index in [-0.39, 0.29) is 17.1 Å². The van der Waals surface area contributed by atoms with Crippen molar-refractivity contribution in [1.29, 1.82) is 0 Å². The number of benzene rings is 1. The van der Waals surface area contributed by atoms with Crippen LogP contribution in [0.25, 0.3) is 0 Å². The summed E-state index contributed by atoms with van der Waals surface area (Å²) in [4.78, 5) is 11.7. The SMILES string of the molecule is CC(C)NCCNC(=O)c1c(O)cccc1O. The molecular weight excluding hydrogens is 220 g/mol. The van der Waals surface area contributed by atoms with Gasteiger partial charge in [-0.1, -0.05) is 19.9 Å². The van der Waals surface area contributed by atoms with E-state index in [0.29, 0.717) is 19.1 Å². The second kappa shape index (κ2) is 6.10. The first-order chi connectivity index (χ1) is 8.02. The predicted octanol–water partition coefficient (Wildman–Crippen LogP) is 0.826. The van der Waals surface area contributed by atoms with Crippen molar-refractivity contribution in [2.75, 3.05) is 13.1 Å². The van der Waals surface area contributed by atoms with Gasteiger partial charge in [-0.3, -0.25) is 4.79 Å². The lowest BCUT2D eigenvalue weighted by atomic mass is 10.1. The zero-order valence-electron chi connectivity index (χ0n) is 10.0. The Kier molecular flexibility index (Phi) is 4.78. The quantitative estimate of drug-likeness (QED) is 0.573. The van der Waals surface area contributed by atoms with E-state index in [1.807, 2.05) is 13.8 Å². The van der Waals surface area contributed by atoms with Crippen molar-refractivity contribution in [2.45, 2.75) is 19.9 Å². The van der Waals surface area contributed by atoms with Gasteiger partial charge in [-0.15, -0.1) is 0 Å². The fraction of sp³-hybridized carbons (Fsp3) is 0.417. The van der Waals surface area contributed by atoms with E-state index in [0.717, 1.165) is 0 Å². The van der Waals surface area contributed by atoms with Gasteiger partial charge < -0.3 is 20.8 Å². The number of rotatable bonds is 5. The molecule has 0 saturated carbocycles. The van der Waals surface area contributed by atoms with Crippen molar-refractivity contribution in [1.82, 2.24) is 10.6 Å². The number of carbonyl (C=O) groups is 1. The van der Waals surface area contributed by atoms with Crippen LogP contribution < -0.4 is 10.6 Å².